The van der Waals surface area contributed by atoms with E-state index in [1.54, 1.807) is 12.1 Å². The van der Waals surface area contributed by atoms with Crippen LogP contribution in [-0.4, -0.2) is 30.3 Å². The van der Waals surface area contributed by atoms with Gasteiger partial charge in [0.1, 0.15) is 5.75 Å². The zero-order valence-electron chi connectivity index (χ0n) is 11.1. The van der Waals surface area contributed by atoms with Gasteiger partial charge in [0.05, 0.1) is 18.1 Å². The number of ether oxygens (including phenoxy) is 1. The topological polar surface area (TPSA) is 58.6 Å². The molecule has 0 aliphatic rings. The second-order valence-electron chi connectivity index (χ2n) is 4.21. The van der Waals surface area contributed by atoms with Crippen LogP contribution < -0.4 is 10.1 Å². The molecule has 1 aromatic rings. The quantitative estimate of drug-likeness (QED) is 0.771. The SMILES string of the molecule is CCC(CCO)NC(=O)CCOc1ccccc1Cl. The number of benzene rings is 1. The summed E-state index contributed by atoms with van der Waals surface area (Å²) in [5.74, 6) is 0.506. The van der Waals surface area contributed by atoms with Gasteiger partial charge in [-0.15, -0.1) is 0 Å². The van der Waals surface area contributed by atoms with Crippen molar-refractivity contribution in [3.8, 4) is 5.75 Å². The van der Waals surface area contributed by atoms with Crippen LogP contribution in [0.3, 0.4) is 0 Å². The number of nitrogens with one attached hydrogen (secondary N) is 1. The summed E-state index contributed by atoms with van der Waals surface area (Å²) in [4.78, 5) is 11.7. The van der Waals surface area contributed by atoms with Crippen molar-refractivity contribution in [1.82, 2.24) is 5.32 Å². The fourth-order valence-corrected chi connectivity index (χ4v) is 1.84. The highest BCUT2D eigenvalue weighted by atomic mass is 35.5. The summed E-state index contributed by atoms with van der Waals surface area (Å²) in [6.07, 6.45) is 1.65. The molecule has 0 saturated heterocycles. The van der Waals surface area contributed by atoms with E-state index in [1.165, 1.54) is 0 Å². The van der Waals surface area contributed by atoms with Crippen LogP contribution >= 0.6 is 11.6 Å². The molecule has 1 rings (SSSR count). The Balaban J connectivity index is 2.29. The fourth-order valence-electron chi connectivity index (χ4n) is 1.65. The lowest BCUT2D eigenvalue weighted by atomic mass is 10.1. The van der Waals surface area contributed by atoms with E-state index in [1.807, 2.05) is 19.1 Å². The standard InChI is InChI=1S/C14H20ClNO3/c1-2-11(7-9-17)16-14(18)8-10-19-13-6-4-3-5-12(13)15/h3-6,11,17H,2,7-10H2,1H3,(H,16,18). The number of aliphatic hydroxyl groups is 1. The van der Waals surface area contributed by atoms with Gasteiger partial charge < -0.3 is 15.2 Å². The molecule has 0 saturated carbocycles. The van der Waals surface area contributed by atoms with Crippen LogP contribution in [0.5, 0.6) is 5.75 Å². The maximum Gasteiger partial charge on any atom is 0.223 e. The van der Waals surface area contributed by atoms with Crippen molar-refractivity contribution < 1.29 is 14.6 Å². The number of hydrogen-bond acceptors (Lipinski definition) is 3. The number of carbonyl (C=O) groups excluding carboxylic acids is 1. The van der Waals surface area contributed by atoms with Crippen LogP contribution in [0.2, 0.25) is 5.02 Å². The van der Waals surface area contributed by atoms with Crippen LogP contribution in [0, 0.1) is 0 Å². The summed E-state index contributed by atoms with van der Waals surface area (Å²) in [5, 5.41) is 12.2. The number of rotatable bonds is 8. The molecule has 0 spiro atoms. The van der Waals surface area contributed by atoms with Gasteiger partial charge in [-0.25, -0.2) is 0 Å². The maximum absolute atomic E-state index is 11.7. The van der Waals surface area contributed by atoms with Gasteiger partial charge >= 0.3 is 0 Å². The van der Waals surface area contributed by atoms with E-state index in [2.05, 4.69) is 5.32 Å². The first-order valence-corrected chi connectivity index (χ1v) is 6.82. The molecule has 0 fully saturated rings. The Morgan fingerprint density at radius 1 is 1.47 bits per heavy atom. The second kappa shape index (κ2) is 8.77. The van der Waals surface area contributed by atoms with Crippen LogP contribution in [0.25, 0.3) is 0 Å². The molecule has 0 heterocycles. The van der Waals surface area contributed by atoms with Gasteiger partial charge in [-0.2, -0.15) is 0 Å². The van der Waals surface area contributed by atoms with E-state index in [-0.39, 0.29) is 31.6 Å². The maximum atomic E-state index is 11.7. The lowest BCUT2D eigenvalue weighted by Crippen LogP contribution is -2.35. The van der Waals surface area contributed by atoms with Crippen molar-refractivity contribution in [3.63, 3.8) is 0 Å². The van der Waals surface area contributed by atoms with E-state index in [0.29, 0.717) is 17.2 Å². The summed E-state index contributed by atoms with van der Waals surface area (Å²) in [7, 11) is 0. The van der Waals surface area contributed by atoms with Gasteiger partial charge in [0, 0.05) is 12.6 Å². The molecule has 0 radical (unpaired) electrons. The molecule has 0 aliphatic heterocycles. The molecule has 1 aromatic carbocycles. The first kappa shape index (κ1) is 15.8. The minimum atomic E-state index is -0.0765. The molecular formula is C14H20ClNO3. The molecule has 1 unspecified atom stereocenters. The third-order valence-electron chi connectivity index (χ3n) is 2.76. The average Bonchev–Trinajstić information content (AvgIpc) is 2.40. The molecule has 0 bridgehead atoms. The fraction of sp³-hybridized carbons (Fsp3) is 0.500. The molecule has 0 aliphatic carbocycles. The highest BCUT2D eigenvalue weighted by Crippen LogP contribution is 2.22. The van der Waals surface area contributed by atoms with Gasteiger partial charge in [-0.3, -0.25) is 4.79 Å². The minimum Gasteiger partial charge on any atom is -0.491 e. The summed E-state index contributed by atoms with van der Waals surface area (Å²) in [6.45, 7) is 2.33. The third-order valence-corrected chi connectivity index (χ3v) is 3.07. The Morgan fingerprint density at radius 2 is 2.21 bits per heavy atom. The molecule has 0 aromatic heterocycles. The van der Waals surface area contributed by atoms with Crippen molar-refractivity contribution in [3.05, 3.63) is 29.3 Å². The molecule has 4 nitrogen and oxygen atoms in total. The number of carbonyl (C=O) groups is 1. The Hall–Kier alpha value is -1.26. The average molecular weight is 286 g/mol. The largest absolute Gasteiger partial charge is 0.491 e. The monoisotopic (exact) mass is 285 g/mol. The number of hydrogen-bond donors (Lipinski definition) is 2. The van der Waals surface area contributed by atoms with Gasteiger partial charge in [-0.1, -0.05) is 30.7 Å². The van der Waals surface area contributed by atoms with Crippen molar-refractivity contribution in [1.29, 1.82) is 0 Å². The van der Waals surface area contributed by atoms with Crippen molar-refractivity contribution >= 4 is 17.5 Å². The molecule has 2 N–H and O–H groups in total. The van der Waals surface area contributed by atoms with Gasteiger partial charge in [0.2, 0.25) is 5.91 Å². The zero-order valence-corrected chi connectivity index (χ0v) is 11.8. The second-order valence-corrected chi connectivity index (χ2v) is 4.62. The van der Waals surface area contributed by atoms with E-state index in [0.717, 1.165) is 6.42 Å². The lowest BCUT2D eigenvalue weighted by molar-refractivity contribution is -0.122. The summed E-state index contributed by atoms with van der Waals surface area (Å²) in [5.41, 5.74) is 0. The molecule has 1 amide bonds. The summed E-state index contributed by atoms with van der Waals surface area (Å²) >= 11 is 5.93. The van der Waals surface area contributed by atoms with E-state index >= 15 is 0 Å². The molecule has 1 atom stereocenters. The lowest BCUT2D eigenvalue weighted by Gasteiger charge is -2.15. The Kier molecular flexibility index (Phi) is 7.30. The molecule has 19 heavy (non-hydrogen) atoms. The van der Waals surface area contributed by atoms with Crippen molar-refractivity contribution in [2.75, 3.05) is 13.2 Å². The van der Waals surface area contributed by atoms with Crippen LogP contribution in [0.15, 0.2) is 24.3 Å². The van der Waals surface area contributed by atoms with E-state index in [4.69, 9.17) is 21.4 Å². The predicted octanol–water partition coefficient (Wildman–Crippen LogP) is 2.39. The van der Waals surface area contributed by atoms with Crippen LogP contribution in [-0.2, 0) is 4.79 Å². The highest BCUT2D eigenvalue weighted by Gasteiger charge is 2.10. The molecule has 5 heteroatoms. The smallest absolute Gasteiger partial charge is 0.223 e. The van der Waals surface area contributed by atoms with Crippen molar-refractivity contribution in [2.45, 2.75) is 32.2 Å². The normalized spacial score (nSPS) is 11.9. The molecule has 106 valence electrons. The highest BCUT2D eigenvalue weighted by molar-refractivity contribution is 6.32. The third kappa shape index (κ3) is 5.94. The number of amides is 1. The van der Waals surface area contributed by atoms with Gasteiger partial charge in [0.15, 0.2) is 0 Å². The Labute approximate surface area is 118 Å². The Morgan fingerprint density at radius 3 is 2.84 bits per heavy atom. The zero-order chi connectivity index (χ0) is 14.1. The van der Waals surface area contributed by atoms with Crippen molar-refractivity contribution in [2.24, 2.45) is 0 Å². The minimum absolute atomic E-state index is 0.0258. The van der Waals surface area contributed by atoms with Gasteiger partial charge in [0.25, 0.3) is 0 Å². The van der Waals surface area contributed by atoms with Gasteiger partial charge in [-0.05, 0) is 25.0 Å². The predicted molar refractivity (Wildman–Crippen MR) is 75.5 cm³/mol. The molecular weight excluding hydrogens is 266 g/mol. The number of halogens is 1. The van der Waals surface area contributed by atoms with Crippen LogP contribution in [0.1, 0.15) is 26.2 Å². The Bertz CT molecular complexity index is 398. The van der Waals surface area contributed by atoms with E-state index in [9.17, 15) is 4.79 Å². The van der Waals surface area contributed by atoms with Crippen LogP contribution in [0.4, 0.5) is 0 Å². The number of aliphatic hydroxyl groups excluding tert-OH is 1. The first-order chi connectivity index (χ1) is 9.17. The summed E-state index contributed by atoms with van der Waals surface area (Å²) < 4.78 is 5.44. The first-order valence-electron chi connectivity index (χ1n) is 6.45. The van der Waals surface area contributed by atoms with E-state index < -0.39 is 0 Å². The number of para-hydroxylation sites is 1. The summed E-state index contributed by atoms with van der Waals surface area (Å²) in [6, 6.07) is 7.18.